The lowest BCUT2D eigenvalue weighted by Crippen LogP contribution is -2.46. The Hall–Kier alpha value is -4.28. The number of rotatable bonds is 9. The van der Waals surface area contributed by atoms with Crippen LogP contribution in [0.25, 0.3) is 0 Å². The molecule has 1 N–H and O–H groups in total. The van der Waals surface area contributed by atoms with Gasteiger partial charge in [0.15, 0.2) is 6.61 Å². The number of methoxy groups -OCH3 is 1. The van der Waals surface area contributed by atoms with Gasteiger partial charge in [0.25, 0.3) is 23.4 Å². The molecule has 1 heterocycles. The SMILES string of the molecule is COc1ccc(NC(=O)COC(=O)C(CC(C)C)N2C(=O)c3ccccc3C2=O)c([N+](=O)[O-])c1. The van der Waals surface area contributed by atoms with Gasteiger partial charge in [0.05, 0.1) is 29.2 Å². The number of nitrogens with zero attached hydrogens (tertiary/aromatic N) is 2. The number of fused-ring (bicyclic) bond motifs is 1. The maximum Gasteiger partial charge on any atom is 0.329 e. The van der Waals surface area contributed by atoms with Crippen LogP contribution in [0.2, 0.25) is 0 Å². The number of esters is 1. The fourth-order valence-corrected chi connectivity index (χ4v) is 3.56. The quantitative estimate of drug-likeness (QED) is 0.255. The maximum atomic E-state index is 12.9. The molecule has 0 bridgehead atoms. The summed E-state index contributed by atoms with van der Waals surface area (Å²) in [4.78, 5) is 62.2. The van der Waals surface area contributed by atoms with Gasteiger partial charge in [-0.3, -0.25) is 29.4 Å². The molecule has 34 heavy (non-hydrogen) atoms. The first-order valence-electron chi connectivity index (χ1n) is 10.4. The highest BCUT2D eigenvalue weighted by Gasteiger charge is 2.43. The zero-order valence-corrected chi connectivity index (χ0v) is 18.8. The van der Waals surface area contributed by atoms with Gasteiger partial charge < -0.3 is 14.8 Å². The molecule has 1 unspecified atom stereocenters. The van der Waals surface area contributed by atoms with Crippen molar-refractivity contribution in [2.75, 3.05) is 19.0 Å². The third-order valence-corrected chi connectivity index (χ3v) is 5.13. The Morgan fingerprint density at radius 2 is 1.71 bits per heavy atom. The highest BCUT2D eigenvalue weighted by molar-refractivity contribution is 6.22. The Bertz CT molecular complexity index is 1130. The highest BCUT2D eigenvalue weighted by Crippen LogP contribution is 2.29. The van der Waals surface area contributed by atoms with Crippen LogP contribution in [-0.4, -0.2) is 53.3 Å². The van der Waals surface area contributed by atoms with Crippen molar-refractivity contribution in [3.05, 3.63) is 63.7 Å². The van der Waals surface area contributed by atoms with E-state index in [1.807, 2.05) is 13.8 Å². The summed E-state index contributed by atoms with van der Waals surface area (Å²) in [6, 6.07) is 8.87. The minimum Gasteiger partial charge on any atom is -0.496 e. The summed E-state index contributed by atoms with van der Waals surface area (Å²) in [5.41, 5.74) is -0.120. The number of carbonyl (C=O) groups is 4. The number of nitro benzene ring substituents is 1. The predicted octanol–water partition coefficient (Wildman–Crippen LogP) is 2.80. The molecule has 0 saturated heterocycles. The monoisotopic (exact) mass is 469 g/mol. The topological polar surface area (TPSA) is 145 Å². The lowest BCUT2D eigenvalue weighted by molar-refractivity contribution is -0.384. The number of hydrogen-bond donors (Lipinski definition) is 1. The van der Waals surface area contributed by atoms with Crippen molar-refractivity contribution >= 4 is 35.1 Å². The molecule has 178 valence electrons. The first kappa shape index (κ1) is 24.4. The molecule has 0 saturated carbocycles. The van der Waals surface area contributed by atoms with Crippen LogP contribution in [-0.2, 0) is 14.3 Å². The fourth-order valence-electron chi connectivity index (χ4n) is 3.56. The first-order chi connectivity index (χ1) is 16.1. The Morgan fingerprint density at radius 1 is 1.09 bits per heavy atom. The molecule has 0 fully saturated rings. The molecule has 0 radical (unpaired) electrons. The summed E-state index contributed by atoms with van der Waals surface area (Å²) in [6.07, 6.45) is 0.135. The van der Waals surface area contributed by atoms with E-state index in [9.17, 15) is 29.3 Å². The molecule has 1 aliphatic rings. The number of carbonyl (C=O) groups excluding carboxylic acids is 4. The standard InChI is InChI=1S/C23H23N3O8/c1-13(2)10-19(25-21(28)15-6-4-5-7-16(15)22(25)29)23(30)34-12-20(27)24-17-9-8-14(33-3)11-18(17)26(31)32/h4-9,11,13,19H,10,12H2,1-3H3,(H,24,27). The van der Waals surface area contributed by atoms with Crippen LogP contribution in [0.1, 0.15) is 41.0 Å². The number of ether oxygens (including phenoxy) is 2. The van der Waals surface area contributed by atoms with Gasteiger partial charge in [-0.15, -0.1) is 0 Å². The van der Waals surface area contributed by atoms with E-state index in [0.29, 0.717) is 0 Å². The highest BCUT2D eigenvalue weighted by atomic mass is 16.6. The number of anilines is 1. The lowest BCUT2D eigenvalue weighted by atomic mass is 10.0. The summed E-state index contributed by atoms with van der Waals surface area (Å²) in [7, 11) is 1.35. The third kappa shape index (κ3) is 5.03. The number of nitro groups is 1. The van der Waals surface area contributed by atoms with Crippen LogP contribution in [0.4, 0.5) is 11.4 Å². The Labute approximate surface area is 194 Å². The summed E-state index contributed by atoms with van der Waals surface area (Å²) < 4.78 is 10.0. The van der Waals surface area contributed by atoms with E-state index in [0.717, 1.165) is 11.0 Å². The van der Waals surface area contributed by atoms with Gasteiger partial charge in [-0.2, -0.15) is 0 Å². The van der Waals surface area contributed by atoms with Crippen LogP contribution in [0.5, 0.6) is 5.75 Å². The summed E-state index contributed by atoms with van der Waals surface area (Å²) in [5, 5.41) is 13.6. The van der Waals surface area contributed by atoms with E-state index in [1.54, 1.807) is 12.1 Å². The van der Waals surface area contributed by atoms with Crippen molar-refractivity contribution in [3.63, 3.8) is 0 Å². The second-order valence-corrected chi connectivity index (χ2v) is 7.97. The van der Waals surface area contributed by atoms with E-state index < -0.39 is 47.0 Å². The molecule has 11 heteroatoms. The number of amides is 3. The van der Waals surface area contributed by atoms with E-state index in [2.05, 4.69) is 5.32 Å². The molecule has 11 nitrogen and oxygen atoms in total. The van der Waals surface area contributed by atoms with E-state index in [-0.39, 0.29) is 34.9 Å². The molecule has 3 rings (SSSR count). The van der Waals surface area contributed by atoms with Crippen molar-refractivity contribution in [1.82, 2.24) is 4.90 Å². The molecule has 0 aliphatic carbocycles. The molecule has 0 spiro atoms. The van der Waals surface area contributed by atoms with E-state index >= 15 is 0 Å². The zero-order chi connectivity index (χ0) is 25.0. The average Bonchev–Trinajstić information content (AvgIpc) is 3.06. The van der Waals surface area contributed by atoms with Gasteiger partial charge in [0.1, 0.15) is 17.5 Å². The van der Waals surface area contributed by atoms with Crippen LogP contribution in [0.3, 0.4) is 0 Å². The van der Waals surface area contributed by atoms with Crippen LogP contribution >= 0.6 is 0 Å². The molecule has 2 aromatic rings. The van der Waals surface area contributed by atoms with Crippen molar-refractivity contribution in [2.24, 2.45) is 5.92 Å². The molecule has 0 aromatic heterocycles. The lowest BCUT2D eigenvalue weighted by Gasteiger charge is -2.25. The molecule has 1 atom stereocenters. The second-order valence-electron chi connectivity index (χ2n) is 7.97. The molecule has 3 amide bonds. The van der Waals surface area contributed by atoms with Crippen molar-refractivity contribution < 1.29 is 33.6 Å². The largest absolute Gasteiger partial charge is 0.496 e. The van der Waals surface area contributed by atoms with Gasteiger partial charge >= 0.3 is 5.97 Å². The van der Waals surface area contributed by atoms with Gasteiger partial charge in [-0.05, 0) is 36.6 Å². The Balaban J connectivity index is 1.72. The van der Waals surface area contributed by atoms with Crippen molar-refractivity contribution in [2.45, 2.75) is 26.3 Å². The fraction of sp³-hybridized carbons (Fsp3) is 0.304. The van der Waals surface area contributed by atoms with Crippen molar-refractivity contribution in [3.8, 4) is 5.75 Å². The van der Waals surface area contributed by atoms with E-state index in [4.69, 9.17) is 9.47 Å². The van der Waals surface area contributed by atoms with Crippen LogP contribution in [0.15, 0.2) is 42.5 Å². The van der Waals surface area contributed by atoms with Gasteiger partial charge in [0, 0.05) is 0 Å². The smallest absolute Gasteiger partial charge is 0.329 e. The average molecular weight is 469 g/mol. The molecular weight excluding hydrogens is 446 g/mol. The van der Waals surface area contributed by atoms with Crippen molar-refractivity contribution in [1.29, 1.82) is 0 Å². The van der Waals surface area contributed by atoms with Crippen LogP contribution < -0.4 is 10.1 Å². The van der Waals surface area contributed by atoms with Gasteiger partial charge in [-0.25, -0.2) is 4.79 Å². The summed E-state index contributed by atoms with van der Waals surface area (Å²) in [5.74, 6) is -2.82. The number of hydrogen-bond acceptors (Lipinski definition) is 8. The Morgan fingerprint density at radius 3 is 2.24 bits per heavy atom. The predicted molar refractivity (Wildman–Crippen MR) is 119 cm³/mol. The summed E-state index contributed by atoms with van der Waals surface area (Å²) >= 11 is 0. The van der Waals surface area contributed by atoms with E-state index in [1.165, 1.54) is 31.4 Å². The minimum atomic E-state index is -1.23. The maximum absolute atomic E-state index is 12.9. The zero-order valence-electron chi connectivity index (χ0n) is 18.8. The minimum absolute atomic E-state index is 0.0716. The normalized spacial score (nSPS) is 13.5. The summed E-state index contributed by atoms with van der Waals surface area (Å²) in [6.45, 7) is 2.86. The van der Waals surface area contributed by atoms with Gasteiger partial charge in [-0.1, -0.05) is 26.0 Å². The third-order valence-electron chi connectivity index (χ3n) is 5.13. The van der Waals surface area contributed by atoms with Gasteiger partial charge in [0.2, 0.25) is 0 Å². The number of benzene rings is 2. The molecular formula is C23H23N3O8. The van der Waals surface area contributed by atoms with Crippen LogP contribution in [0, 0.1) is 16.0 Å². The first-order valence-corrected chi connectivity index (χ1v) is 10.4. The number of imide groups is 1. The Kier molecular flexibility index (Phi) is 7.24. The second kappa shape index (κ2) is 10.1. The number of nitrogens with one attached hydrogen (secondary N) is 1. The molecule has 1 aliphatic heterocycles. The molecule has 2 aromatic carbocycles.